The van der Waals surface area contributed by atoms with Gasteiger partial charge in [-0.25, -0.2) is 0 Å². The number of hydrogen-bond acceptors (Lipinski definition) is 4. The lowest BCUT2D eigenvalue weighted by atomic mass is 10.1. The molecule has 39 heavy (non-hydrogen) atoms. The number of alkyl halides is 3. The maximum atomic E-state index is 13.2. The van der Waals surface area contributed by atoms with Crippen molar-refractivity contribution < 1.29 is 18.0 Å². The minimum atomic E-state index is -4.38. The van der Waals surface area contributed by atoms with Crippen LogP contribution in [0.3, 0.4) is 0 Å². The monoisotopic (exact) mass is 553 g/mol. The first kappa shape index (κ1) is 26.8. The predicted molar refractivity (Wildman–Crippen MR) is 147 cm³/mol. The second kappa shape index (κ2) is 11.1. The van der Waals surface area contributed by atoms with Crippen LogP contribution in [0.2, 0.25) is 5.02 Å². The third kappa shape index (κ3) is 6.10. The van der Waals surface area contributed by atoms with Gasteiger partial charge in [-0.1, -0.05) is 29.8 Å². The lowest BCUT2D eigenvalue weighted by molar-refractivity contribution is -0.137. The van der Waals surface area contributed by atoms with Gasteiger partial charge in [-0.15, -0.1) is 0 Å². The average molecular weight is 554 g/mol. The Morgan fingerprint density at radius 1 is 1.03 bits per heavy atom. The molecule has 2 N–H and O–H groups in total. The largest absolute Gasteiger partial charge is 0.416 e. The number of carbonyl (C=O) groups is 1. The molecule has 0 saturated carbocycles. The van der Waals surface area contributed by atoms with E-state index in [4.69, 9.17) is 11.6 Å². The van der Waals surface area contributed by atoms with Crippen LogP contribution in [0, 0.1) is 6.92 Å². The summed E-state index contributed by atoms with van der Waals surface area (Å²) < 4.78 is 39.6. The van der Waals surface area contributed by atoms with Gasteiger partial charge >= 0.3 is 6.18 Å². The molecule has 10 heteroatoms. The topological polar surface area (TPSA) is 64.3 Å². The van der Waals surface area contributed by atoms with E-state index in [2.05, 4.69) is 20.2 Å². The highest BCUT2D eigenvalue weighted by molar-refractivity contribution is 6.30. The predicted octanol–water partition coefficient (Wildman–Crippen LogP) is 6.63. The fourth-order valence-corrected chi connectivity index (χ4v) is 4.95. The van der Waals surface area contributed by atoms with Crippen LogP contribution in [0.15, 0.2) is 73.1 Å². The Morgan fingerprint density at radius 3 is 2.38 bits per heavy atom. The van der Waals surface area contributed by atoms with E-state index in [9.17, 15) is 18.0 Å². The number of nitrogens with zero attached hydrogens (tertiary/aromatic N) is 3. The molecule has 6 nitrogen and oxygen atoms in total. The van der Waals surface area contributed by atoms with Gasteiger partial charge in [-0.05, 0) is 55.0 Å². The van der Waals surface area contributed by atoms with Crippen molar-refractivity contribution in [2.24, 2.45) is 0 Å². The zero-order chi connectivity index (χ0) is 27.6. The van der Waals surface area contributed by atoms with E-state index in [1.165, 1.54) is 12.1 Å². The molecular formula is C29H27ClF3N5O. The fourth-order valence-electron chi connectivity index (χ4n) is 4.82. The number of carbonyl (C=O) groups excluding carboxylic acids is 1. The van der Waals surface area contributed by atoms with E-state index in [0.29, 0.717) is 54.7 Å². The minimum Gasteiger partial charge on any atom is -0.369 e. The van der Waals surface area contributed by atoms with Crippen molar-refractivity contribution in [3.63, 3.8) is 0 Å². The Morgan fingerprint density at radius 2 is 1.72 bits per heavy atom. The number of hydrogen-bond donors (Lipinski definition) is 2. The van der Waals surface area contributed by atoms with Crippen LogP contribution in [0.1, 0.15) is 27.2 Å². The lowest BCUT2D eigenvalue weighted by Crippen LogP contribution is -2.46. The number of amides is 1. The van der Waals surface area contributed by atoms with Crippen molar-refractivity contribution in [1.29, 1.82) is 0 Å². The first-order valence-electron chi connectivity index (χ1n) is 12.5. The molecule has 0 radical (unpaired) electrons. The first-order valence-corrected chi connectivity index (χ1v) is 12.9. The van der Waals surface area contributed by atoms with E-state index in [-0.39, 0.29) is 5.91 Å². The van der Waals surface area contributed by atoms with E-state index < -0.39 is 11.7 Å². The highest BCUT2D eigenvalue weighted by Crippen LogP contribution is 2.35. The number of anilines is 2. The van der Waals surface area contributed by atoms with Gasteiger partial charge in [0.05, 0.1) is 16.9 Å². The van der Waals surface area contributed by atoms with Crippen LogP contribution >= 0.6 is 11.6 Å². The van der Waals surface area contributed by atoms with Crippen LogP contribution in [0.25, 0.3) is 11.3 Å². The number of H-pyrrole nitrogens is 1. The third-order valence-electron chi connectivity index (χ3n) is 6.90. The number of nitrogens with one attached hydrogen (secondary N) is 2. The van der Waals surface area contributed by atoms with Crippen molar-refractivity contribution in [2.45, 2.75) is 19.6 Å². The maximum Gasteiger partial charge on any atom is 0.416 e. The van der Waals surface area contributed by atoms with Crippen molar-refractivity contribution in [1.82, 2.24) is 14.9 Å². The third-order valence-corrected chi connectivity index (χ3v) is 7.15. The second-order valence-electron chi connectivity index (χ2n) is 9.49. The highest BCUT2D eigenvalue weighted by atomic mass is 35.5. The van der Waals surface area contributed by atoms with Crippen LogP contribution < -0.4 is 10.2 Å². The molecule has 0 bridgehead atoms. The molecule has 1 aliphatic heterocycles. The summed E-state index contributed by atoms with van der Waals surface area (Å²) in [5.74, 6) is -0.238. The van der Waals surface area contributed by atoms with Crippen LogP contribution in [0.5, 0.6) is 0 Å². The normalized spacial score (nSPS) is 14.4. The molecule has 1 amide bonds. The zero-order valence-corrected chi connectivity index (χ0v) is 22.0. The molecule has 202 valence electrons. The lowest BCUT2D eigenvalue weighted by Gasteiger charge is -2.36. The molecule has 1 fully saturated rings. The Labute approximate surface area is 229 Å². The van der Waals surface area contributed by atoms with Gasteiger partial charge in [0, 0.05) is 72.6 Å². The Balaban J connectivity index is 1.38. The van der Waals surface area contributed by atoms with Gasteiger partial charge in [-0.2, -0.15) is 13.2 Å². The van der Waals surface area contributed by atoms with Crippen molar-refractivity contribution in [2.75, 3.05) is 36.4 Å². The minimum absolute atomic E-state index is 0.238. The Bertz CT molecular complexity index is 1450. The highest BCUT2D eigenvalue weighted by Gasteiger charge is 2.31. The summed E-state index contributed by atoms with van der Waals surface area (Å²) in [6, 6.07) is 16.3. The van der Waals surface area contributed by atoms with E-state index in [1.807, 2.05) is 36.1 Å². The molecular weight excluding hydrogens is 527 g/mol. The molecule has 1 saturated heterocycles. The van der Waals surface area contributed by atoms with Gasteiger partial charge < -0.3 is 15.2 Å². The number of aromatic nitrogens is 2. The fraction of sp³-hybridized carbons (Fsp3) is 0.241. The SMILES string of the molecule is Cc1[nH]c(-c2ccc(Cl)cc2)c(CN2CCN(c3cccc(C(F)(F)F)c3)CC2)c1NC(=O)c1ccncc1. The molecule has 0 spiro atoms. The average Bonchev–Trinajstić information content (AvgIpc) is 3.24. The molecule has 3 heterocycles. The van der Waals surface area contributed by atoms with E-state index in [1.54, 1.807) is 30.6 Å². The quantitative estimate of drug-likeness (QED) is 0.281. The van der Waals surface area contributed by atoms with Gasteiger partial charge in [-0.3, -0.25) is 14.7 Å². The zero-order valence-electron chi connectivity index (χ0n) is 21.2. The van der Waals surface area contributed by atoms with Gasteiger partial charge in [0.1, 0.15) is 0 Å². The summed E-state index contributed by atoms with van der Waals surface area (Å²) in [5, 5.41) is 3.70. The summed E-state index contributed by atoms with van der Waals surface area (Å²) in [4.78, 5) is 24.7. The van der Waals surface area contributed by atoms with Gasteiger partial charge in [0.15, 0.2) is 0 Å². The molecule has 1 aliphatic rings. The van der Waals surface area contributed by atoms with Crippen LogP contribution in [-0.2, 0) is 12.7 Å². The molecule has 2 aromatic carbocycles. The van der Waals surface area contributed by atoms with Crippen molar-refractivity contribution >= 4 is 28.9 Å². The molecule has 0 atom stereocenters. The van der Waals surface area contributed by atoms with E-state index in [0.717, 1.165) is 28.6 Å². The number of pyridine rings is 1. The summed E-state index contributed by atoms with van der Waals surface area (Å²) in [5.41, 5.74) is 4.70. The van der Waals surface area contributed by atoms with E-state index >= 15 is 0 Å². The van der Waals surface area contributed by atoms with Crippen molar-refractivity contribution in [3.8, 4) is 11.3 Å². The Hall–Kier alpha value is -3.82. The summed E-state index contributed by atoms with van der Waals surface area (Å²) in [6.45, 7) is 4.93. The molecule has 0 aliphatic carbocycles. The summed E-state index contributed by atoms with van der Waals surface area (Å²) in [6.07, 6.45) is -1.23. The molecule has 0 unspecified atom stereocenters. The number of aromatic amines is 1. The number of benzene rings is 2. The number of aryl methyl sites for hydroxylation is 1. The van der Waals surface area contributed by atoms with Crippen molar-refractivity contribution in [3.05, 3.63) is 100 Å². The number of halogens is 4. The van der Waals surface area contributed by atoms with Crippen LogP contribution in [-0.4, -0.2) is 47.0 Å². The van der Waals surface area contributed by atoms with Gasteiger partial charge in [0.25, 0.3) is 5.91 Å². The number of rotatable bonds is 6. The Kier molecular flexibility index (Phi) is 7.63. The maximum absolute atomic E-state index is 13.2. The summed E-state index contributed by atoms with van der Waals surface area (Å²) in [7, 11) is 0. The smallest absolute Gasteiger partial charge is 0.369 e. The molecule has 5 rings (SSSR count). The van der Waals surface area contributed by atoms with Gasteiger partial charge in [0.2, 0.25) is 0 Å². The second-order valence-corrected chi connectivity index (χ2v) is 9.92. The first-order chi connectivity index (χ1) is 18.7. The summed E-state index contributed by atoms with van der Waals surface area (Å²) >= 11 is 6.12. The standard InChI is InChI=1S/C29H27ClF3N5O/c1-19-26(36-28(39)21-9-11-34-12-10-21)25(27(35-19)20-5-7-23(30)8-6-20)18-37-13-15-38(16-14-37)24-4-2-3-22(17-24)29(31,32)33/h2-12,17,35H,13-16,18H2,1H3,(H,36,39). The van der Waals surface area contributed by atoms with Crippen LogP contribution in [0.4, 0.5) is 24.5 Å². The number of piperazine rings is 1. The molecule has 4 aromatic rings. The molecule has 2 aromatic heterocycles.